The summed E-state index contributed by atoms with van der Waals surface area (Å²) < 4.78 is 66.1. The molecule has 0 aliphatic heterocycles. The fourth-order valence-corrected chi connectivity index (χ4v) is 6.28. The first kappa shape index (κ1) is 19.2. The van der Waals surface area contributed by atoms with Crippen molar-refractivity contribution in [1.29, 1.82) is 0 Å². The number of rotatable bonds is 5. The molecule has 1 atom stereocenters. The van der Waals surface area contributed by atoms with Crippen LogP contribution in [0.3, 0.4) is 0 Å². The third-order valence-corrected chi connectivity index (χ3v) is 8.08. The van der Waals surface area contributed by atoms with Crippen molar-refractivity contribution in [3.63, 3.8) is 0 Å². The Bertz CT molecular complexity index is 790. The van der Waals surface area contributed by atoms with E-state index >= 15 is 0 Å². The standard InChI is InChI=1S/C15H15F3O3S3/c1-23(14-5-3-2-4-6-14,21-24(19,20)15(16,17)18)11-12-7-9-13(22)10-8-12/h2-10,22H,11H2,1H3. The number of halogens is 3. The van der Waals surface area contributed by atoms with Gasteiger partial charge in [0.05, 0.1) is 0 Å². The molecule has 0 bridgehead atoms. The second kappa shape index (κ2) is 6.99. The summed E-state index contributed by atoms with van der Waals surface area (Å²) >= 11 is 4.15. The van der Waals surface area contributed by atoms with Crippen LogP contribution in [0.5, 0.6) is 0 Å². The molecule has 2 rings (SSSR count). The average molecular weight is 396 g/mol. The van der Waals surface area contributed by atoms with E-state index in [4.69, 9.17) is 3.63 Å². The van der Waals surface area contributed by atoms with Gasteiger partial charge in [-0.05, 0) is 36.1 Å². The molecule has 24 heavy (non-hydrogen) atoms. The molecule has 0 amide bonds. The maximum Gasteiger partial charge on any atom is 0.523 e. The fraction of sp³-hybridized carbons (Fsp3) is 0.200. The number of hydrogen-bond donors (Lipinski definition) is 1. The van der Waals surface area contributed by atoms with Gasteiger partial charge in [-0.1, -0.05) is 40.6 Å². The summed E-state index contributed by atoms with van der Waals surface area (Å²) in [5.74, 6) is 0.0282. The van der Waals surface area contributed by atoms with Crippen LogP contribution in [-0.2, 0) is 19.5 Å². The normalized spacial score (nSPS) is 16.4. The third-order valence-electron chi connectivity index (χ3n) is 3.14. The number of hydrogen-bond acceptors (Lipinski definition) is 4. The largest absolute Gasteiger partial charge is 0.523 e. The van der Waals surface area contributed by atoms with Crippen molar-refractivity contribution in [2.45, 2.75) is 21.1 Å². The van der Waals surface area contributed by atoms with E-state index in [1.165, 1.54) is 6.26 Å². The van der Waals surface area contributed by atoms with E-state index in [2.05, 4.69) is 12.6 Å². The molecule has 0 aromatic heterocycles. The van der Waals surface area contributed by atoms with E-state index in [-0.39, 0.29) is 5.75 Å². The van der Waals surface area contributed by atoms with Gasteiger partial charge >= 0.3 is 15.6 Å². The Labute approximate surface area is 145 Å². The lowest BCUT2D eigenvalue weighted by atomic mass is 10.2. The molecule has 0 fully saturated rings. The van der Waals surface area contributed by atoms with E-state index in [1.54, 1.807) is 54.6 Å². The molecule has 0 N–H and O–H groups in total. The molecule has 0 spiro atoms. The summed E-state index contributed by atoms with van der Waals surface area (Å²) in [6.45, 7) is 0. The highest BCUT2D eigenvalue weighted by Gasteiger charge is 2.50. The summed E-state index contributed by atoms with van der Waals surface area (Å²) in [5, 5.41) is 0. The zero-order chi connectivity index (χ0) is 18.0. The molecule has 0 radical (unpaired) electrons. The minimum Gasteiger partial charge on any atom is -0.209 e. The third kappa shape index (κ3) is 4.47. The highest BCUT2D eigenvalue weighted by atomic mass is 32.3. The van der Waals surface area contributed by atoms with E-state index in [0.717, 1.165) is 0 Å². The van der Waals surface area contributed by atoms with Crippen LogP contribution in [0.1, 0.15) is 5.56 Å². The average Bonchev–Trinajstić information content (AvgIpc) is 2.49. The summed E-state index contributed by atoms with van der Waals surface area (Å²) in [5.41, 5.74) is -4.81. The Balaban J connectivity index is 2.44. The van der Waals surface area contributed by atoms with Crippen molar-refractivity contribution >= 4 is 33.1 Å². The SMILES string of the molecule is CS(Cc1ccc(S)cc1)(OS(=O)(=O)C(F)(F)F)c1ccccc1. The summed E-state index contributed by atoms with van der Waals surface area (Å²) in [7, 11) is -8.47. The second-order valence-corrected chi connectivity index (χ2v) is 10.3. The van der Waals surface area contributed by atoms with Crippen LogP contribution < -0.4 is 0 Å². The zero-order valence-electron chi connectivity index (χ0n) is 12.5. The second-order valence-electron chi connectivity index (χ2n) is 5.10. The van der Waals surface area contributed by atoms with E-state index in [1.807, 2.05) is 0 Å². The molecular formula is C15H15F3O3S3. The minimum atomic E-state index is -5.71. The Morgan fingerprint density at radius 2 is 1.54 bits per heavy atom. The van der Waals surface area contributed by atoms with Gasteiger partial charge in [-0.2, -0.15) is 21.6 Å². The molecule has 0 saturated carbocycles. The van der Waals surface area contributed by atoms with Crippen molar-refractivity contribution < 1.29 is 25.2 Å². The molecule has 0 aliphatic carbocycles. The van der Waals surface area contributed by atoms with E-state index in [0.29, 0.717) is 15.4 Å². The molecule has 2 aromatic carbocycles. The molecule has 2 aromatic rings. The molecule has 9 heteroatoms. The summed E-state index contributed by atoms with van der Waals surface area (Å²) in [6.07, 6.45) is 1.40. The first-order valence-corrected chi connectivity index (χ1v) is 10.6. The lowest BCUT2D eigenvalue weighted by Gasteiger charge is -2.35. The van der Waals surface area contributed by atoms with Crippen molar-refractivity contribution in [3.05, 3.63) is 60.2 Å². The summed E-state index contributed by atoms with van der Waals surface area (Å²) in [6, 6.07) is 14.8. The quantitative estimate of drug-likeness (QED) is 0.586. The number of thiol groups is 1. The molecule has 0 saturated heterocycles. The van der Waals surface area contributed by atoms with Gasteiger partial charge in [0.2, 0.25) is 0 Å². The first-order chi connectivity index (χ1) is 11.0. The smallest absolute Gasteiger partial charge is 0.209 e. The maximum absolute atomic E-state index is 12.8. The molecule has 1 unspecified atom stereocenters. The Hall–Kier alpha value is -1.16. The molecule has 0 heterocycles. The van der Waals surface area contributed by atoms with Gasteiger partial charge in [0, 0.05) is 15.5 Å². The summed E-state index contributed by atoms with van der Waals surface area (Å²) in [4.78, 5) is 1.10. The minimum absolute atomic E-state index is 0.0282. The Morgan fingerprint density at radius 3 is 2.04 bits per heavy atom. The predicted molar refractivity (Wildman–Crippen MR) is 91.7 cm³/mol. The first-order valence-electron chi connectivity index (χ1n) is 6.65. The van der Waals surface area contributed by atoms with Crippen molar-refractivity contribution in [2.24, 2.45) is 0 Å². The van der Waals surface area contributed by atoms with E-state index in [9.17, 15) is 21.6 Å². The van der Waals surface area contributed by atoms with Crippen molar-refractivity contribution in [3.8, 4) is 0 Å². The molecule has 3 nitrogen and oxygen atoms in total. The number of alkyl halides is 3. The monoisotopic (exact) mass is 396 g/mol. The fourth-order valence-electron chi connectivity index (χ4n) is 2.00. The maximum atomic E-state index is 12.8. The van der Waals surface area contributed by atoms with Crippen LogP contribution in [0, 0.1) is 0 Å². The van der Waals surface area contributed by atoms with Crippen LogP contribution >= 0.6 is 22.9 Å². The van der Waals surface area contributed by atoms with E-state index < -0.39 is 25.9 Å². The molecule has 132 valence electrons. The van der Waals surface area contributed by atoms with Gasteiger partial charge in [0.25, 0.3) is 0 Å². The van der Waals surface area contributed by atoms with Crippen LogP contribution in [-0.4, -0.2) is 20.2 Å². The predicted octanol–water partition coefficient (Wildman–Crippen LogP) is 4.75. The van der Waals surface area contributed by atoms with Crippen LogP contribution in [0.25, 0.3) is 0 Å². The van der Waals surface area contributed by atoms with Gasteiger partial charge in [0.15, 0.2) is 0 Å². The van der Waals surface area contributed by atoms with Gasteiger partial charge in [-0.15, -0.1) is 12.6 Å². The highest BCUT2D eigenvalue weighted by molar-refractivity contribution is 8.32. The highest BCUT2D eigenvalue weighted by Crippen LogP contribution is 2.58. The zero-order valence-corrected chi connectivity index (χ0v) is 15.1. The lowest BCUT2D eigenvalue weighted by Crippen LogP contribution is -2.27. The Kier molecular flexibility index (Phi) is 5.58. The van der Waals surface area contributed by atoms with Gasteiger partial charge < -0.3 is 0 Å². The van der Waals surface area contributed by atoms with Crippen molar-refractivity contribution in [2.75, 3.05) is 6.26 Å². The van der Waals surface area contributed by atoms with Crippen LogP contribution in [0.4, 0.5) is 13.2 Å². The van der Waals surface area contributed by atoms with Crippen LogP contribution in [0.15, 0.2) is 64.4 Å². The van der Waals surface area contributed by atoms with Gasteiger partial charge in [0.1, 0.15) is 0 Å². The molecule has 0 aliphatic rings. The van der Waals surface area contributed by atoms with Crippen LogP contribution in [0.2, 0.25) is 0 Å². The van der Waals surface area contributed by atoms with Gasteiger partial charge in [-0.25, -0.2) is 3.63 Å². The topological polar surface area (TPSA) is 43.4 Å². The number of benzene rings is 2. The molecular weight excluding hydrogens is 381 g/mol. The lowest BCUT2D eigenvalue weighted by molar-refractivity contribution is -0.0496. The van der Waals surface area contributed by atoms with Crippen molar-refractivity contribution in [1.82, 2.24) is 0 Å². The van der Waals surface area contributed by atoms with Gasteiger partial charge in [-0.3, -0.25) is 0 Å². The Morgan fingerprint density at radius 1 is 1.00 bits per heavy atom.